The van der Waals surface area contributed by atoms with Crippen molar-refractivity contribution in [3.63, 3.8) is 0 Å². The molecular weight excluding hydrogens is 426 g/mol. The summed E-state index contributed by atoms with van der Waals surface area (Å²) in [5.74, 6) is 1.52. The van der Waals surface area contributed by atoms with Crippen LogP contribution >= 0.6 is 27.5 Å². The minimum Gasteiger partial charge on any atom is -0.493 e. The van der Waals surface area contributed by atoms with Crippen LogP contribution in [0.4, 0.5) is 0 Å². The highest BCUT2D eigenvalue weighted by Crippen LogP contribution is 2.36. The molecule has 0 unspecified atom stereocenters. The fourth-order valence-corrected chi connectivity index (χ4v) is 3.45. The Bertz CT molecular complexity index is 691. The van der Waals surface area contributed by atoms with Crippen LogP contribution in [0, 0.1) is 0 Å². The van der Waals surface area contributed by atoms with Crippen molar-refractivity contribution in [2.75, 3.05) is 13.7 Å². The van der Waals surface area contributed by atoms with Gasteiger partial charge in [0.25, 0.3) is 0 Å². The van der Waals surface area contributed by atoms with E-state index in [1.165, 1.54) is 32.1 Å². The van der Waals surface area contributed by atoms with Crippen LogP contribution in [-0.4, -0.2) is 13.7 Å². The quantitative estimate of drug-likeness (QED) is 0.360. The molecule has 0 aliphatic rings. The molecule has 0 saturated heterocycles. The van der Waals surface area contributed by atoms with Crippen LogP contribution in [-0.2, 0) is 13.2 Å². The van der Waals surface area contributed by atoms with Crippen LogP contribution in [0.3, 0.4) is 0 Å². The summed E-state index contributed by atoms with van der Waals surface area (Å²) in [5, 5.41) is 4.26. The Morgan fingerprint density at radius 3 is 2.44 bits per heavy atom. The third-order valence-corrected chi connectivity index (χ3v) is 5.44. The predicted octanol–water partition coefficient (Wildman–Crippen LogP) is 6.75. The number of methoxy groups -OCH3 is 1. The third-order valence-electron chi connectivity index (χ3n) is 4.44. The molecule has 2 aromatic carbocycles. The maximum absolute atomic E-state index is 6.14. The standard InChI is InChI=1S/C22H29BrClNO2/c1-3-4-5-6-7-14-25-15-19-20(23)12-13-21(26-2)22(19)27-16-17-8-10-18(24)11-9-17/h8-13,25H,3-7,14-16H2,1-2H3. The summed E-state index contributed by atoms with van der Waals surface area (Å²) in [6.45, 7) is 4.45. The molecule has 0 spiro atoms. The zero-order valence-electron chi connectivity index (χ0n) is 16.2. The normalized spacial score (nSPS) is 10.8. The Hall–Kier alpha value is -1.23. The van der Waals surface area contributed by atoms with Crippen LogP contribution in [0.1, 0.15) is 50.2 Å². The summed E-state index contributed by atoms with van der Waals surface area (Å²) in [7, 11) is 1.67. The van der Waals surface area contributed by atoms with Crippen molar-refractivity contribution < 1.29 is 9.47 Å². The van der Waals surface area contributed by atoms with Crippen molar-refractivity contribution in [1.82, 2.24) is 5.32 Å². The van der Waals surface area contributed by atoms with E-state index in [0.29, 0.717) is 6.61 Å². The first-order valence-corrected chi connectivity index (χ1v) is 10.8. The molecule has 0 aliphatic carbocycles. The number of benzene rings is 2. The first-order valence-electron chi connectivity index (χ1n) is 9.59. The van der Waals surface area contributed by atoms with Gasteiger partial charge in [-0.05, 0) is 42.8 Å². The zero-order chi connectivity index (χ0) is 19.5. The second-order valence-electron chi connectivity index (χ2n) is 6.56. The highest BCUT2D eigenvalue weighted by Gasteiger charge is 2.14. The van der Waals surface area contributed by atoms with Crippen molar-refractivity contribution in [3.05, 3.63) is 57.0 Å². The summed E-state index contributed by atoms with van der Waals surface area (Å²) in [6, 6.07) is 11.6. The summed E-state index contributed by atoms with van der Waals surface area (Å²) in [4.78, 5) is 0. The average molecular weight is 455 g/mol. The molecule has 2 rings (SSSR count). The molecule has 5 heteroatoms. The van der Waals surface area contributed by atoms with Gasteiger partial charge in [-0.1, -0.05) is 72.3 Å². The Balaban J connectivity index is 1.99. The molecule has 0 amide bonds. The van der Waals surface area contributed by atoms with E-state index < -0.39 is 0 Å². The van der Waals surface area contributed by atoms with Crippen LogP contribution < -0.4 is 14.8 Å². The minimum absolute atomic E-state index is 0.466. The van der Waals surface area contributed by atoms with Gasteiger partial charge in [-0.3, -0.25) is 0 Å². The molecule has 0 atom stereocenters. The van der Waals surface area contributed by atoms with Gasteiger partial charge in [-0.15, -0.1) is 0 Å². The Morgan fingerprint density at radius 2 is 1.74 bits per heavy atom. The highest BCUT2D eigenvalue weighted by atomic mass is 79.9. The SMILES string of the molecule is CCCCCCCNCc1c(Br)ccc(OC)c1OCc1ccc(Cl)cc1. The lowest BCUT2D eigenvalue weighted by Gasteiger charge is -2.17. The molecule has 27 heavy (non-hydrogen) atoms. The van der Waals surface area contributed by atoms with Crippen molar-refractivity contribution in [2.24, 2.45) is 0 Å². The van der Waals surface area contributed by atoms with Gasteiger partial charge in [0.1, 0.15) is 6.61 Å². The molecule has 0 aromatic heterocycles. The van der Waals surface area contributed by atoms with E-state index in [1.54, 1.807) is 7.11 Å². The first-order chi connectivity index (χ1) is 13.2. The molecule has 148 valence electrons. The summed E-state index contributed by atoms with van der Waals surface area (Å²) >= 11 is 9.61. The molecule has 2 aromatic rings. The van der Waals surface area contributed by atoms with Crippen LogP contribution in [0.5, 0.6) is 11.5 Å². The van der Waals surface area contributed by atoms with E-state index in [1.807, 2.05) is 36.4 Å². The fraction of sp³-hybridized carbons (Fsp3) is 0.455. The maximum atomic E-state index is 6.14. The molecule has 0 fully saturated rings. The molecule has 0 bridgehead atoms. The van der Waals surface area contributed by atoms with Gasteiger partial charge in [-0.2, -0.15) is 0 Å². The Labute approximate surface area is 176 Å². The molecule has 0 saturated carbocycles. The van der Waals surface area contributed by atoms with Gasteiger partial charge >= 0.3 is 0 Å². The number of rotatable bonds is 12. The smallest absolute Gasteiger partial charge is 0.167 e. The number of nitrogens with one attached hydrogen (secondary N) is 1. The van der Waals surface area contributed by atoms with E-state index in [9.17, 15) is 0 Å². The molecule has 0 radical (unpaired) electrons. The first kappa shape index (κ1) is 22.1. The van der Waals surface area contributed by atoms with Gasteiger partial charge in [0, 0.05) is 21.6 Å². The fourth-order valence-electron chi connectivity index (χ4n) is 2.87. The molecule has 3 nitrogen and oxygen atoms in total. The number of hydrogen-bond donors (Lipinski definition) is 1. The van der Waals surface area contributed by atoms with Crippen LogP contribution in [0.2, 0.25) is 5.02 Å². The lowest BCUT2D eigenvalue weighted by atomic mass is 10.1. The number of hydrogen-bond acceptors (Lipinski definition) is 3. The number of ether oxygens (including phenoxy) is 2. The highest BCUT2D eigenvalue weighted by molar-refractivity contribution is 9.10. The van der Waals surface area contributed by atoms with E-state index in [4.69, 9.17) is 21.1 Å². The average Bonchev–Trinajstić information content (AvgIpc) is 2.68. The van der Waals surface area contributed by atoms with E-state index >= 15 is 0 Å². The van der Waals surface area contributed by atoms with Crippen molar-refractivity contribution >= 4 is 27.5 Å². The second kappa shape index (κ2) is 12.3. The van der Waals surface area contributed by atoms with Gasteiger partial charge < -0.3 is 14.8 Å². The lowest BCUT2D eigenvalue weighted by Crippen LogP contribution is -2.16. The number of unbranched alkanes of at least 4 members (excludes halogenated alkanes) is 4. The monoisotopic (exact) mass is 453 g/mol. The second-order valence-corrected chi connectivity index (χ2v) is 7.85. The maximum Gasteiger partial charge on any atom is 0.167 e. The largest absolute Gasteiger partial charge is 0.493 e. The van der Waals surface area contributed by atoms with Gasteiger partial charge in [-0.25, -0.2) is 0 Å². The van der Waals surface area contributed by atoms with Crippen molar-refractivity contribution in [1.29, 1.82) is 0 Å². The van der Waals surface area contributed by atoms with Crippen LogP contribution in [0.15, 0.2) is 40.9 Å². The van der Waals surface area contributed by atoms with Gasteiger partial charge in [0.2, 0.25) is 0 Å². The summed E-state index contributed by atoms with van der Waals surface area (Å²) in [6.07, 6.45) is 6.39. The van der Waals surface area contributed by atoms with Gasteiger partial charge in [0.05, 0.1) is 7.11 Å². The number of halogens is 2. The Morgan fingerprint density at radius 1 is 1.00 bits per heavy atom. The van der Waals surface area contributed by atoms with Gasteiger partial charge in [0.15, 0.2) is 11.5 Å². The molecule has 0 heterocycles. The summed E-state index contributed by atoms with van der Waals surface area (Å²) in [5.41, 5.74) is 2.15. The van der Waals surface area contributed by atoms with Crippen LogP contribution in [0.25, 0.3) is 0 Å². The minimum atomic E-state index is 0.466. The van der Waals surface area contributed by atoms with E-state index in [2.05, 4.69) is 28.2 Å². The molecule has 0 aliphatic heterocycles. The summed E-state index contributed by atoms with van der Waals surface area (Å²) < 4.78 is 12.7. The third kappa shape index (κ3) is 7.36. The topological polar surface area (TPSA) is 30.5 Å². The predicted molar refractivity (Wildman–Crippen MR) is 117 cm³/mol. The Kier molecular flexibility index (Phi) is 10.0. The van der Waals surface area contributed by atoms with Crippen molar-refractivity contribution in [3.8, 4) is 11.5 Å². The zero-order valence-corrected chi connectivity index (χ0v) is 18.5. The molecule has 1 N–H and O–H groups in total. The van der Waals surface area contributed by atoms with E-state index in [0.717, 1.165) is 45.2 Å². The lowest BCUT2D eigenvalue weighted by molar-refractivity contribution is 0.280. The molecular formula is C22H29BrClNO2. The van der Waals surface area contributed by atoms with Crippen molar-refractivity contribution in [2.45, 2.75) is 52.2 Å². The van der Waals surface area contributed by atoms with E-state index in [-0.39, 0.29) is 0 Å².